The van der Waals surface area contributed by atoms with Crippen molar-refractivity contribution in [3.63, 3.8) is 0 Å². The summed E-state index contributed by atoms with van der Waals surface area (Å²) < 4.78 is 6.78. The fourth-order valence-electron chi connectivity index (χ4n) is 2.94. The Morgan fingerprint density at radius 1 is 1.29 bits per heavy atom. The number of carbonyl (C=O) groups is 1. The molecule has 0 aliphatic rings. The molecule has 4 aromatic heterocycles. The van der Waals surface area contributed by atoms with E-state index in [0.717, 1.165) is 12.0 Å². The molecule has 4 heterocycles. The van der Waals surface area contributed by atoms with Crippen molar-refractivity contribution in [1.82, 2.24) is 24.9 Å². The first kappa shape index (κ1) is 18.0. The van der Waals surface area contributed by atoms with Gasteiger partial charge in [-0.05, 0) is 60.0 Å². The van der Waals surface area contributed by atoms with Crippen LogP contribution < -0.4 is 11.1 Å². The van der Waals surface area contributed by atoms with Crippen LogP contribution in [0.1, 0.15) is 35.3 Å². The lowest BCUT2D eigenvalue weighted by atomic mass is 10.1. The molecule has 0 spiro atoms. The summed E-state index contributed by atoms with van der Waals surface area (Å²) in [6.45, 7) is 2.00. The van der Waals surface area contributed by atoms with Gasteiger partial charge in [0.25, 0.3) is 5.91 Å². The van der Waals surface area contributed by atoms with Crippen molar-refractivity contribution in [1.29, 1.82) is 0 Å². The maximum Gasteiger partial charge on any atom is 0.252 e. The Bertz CT molecular complexity index is 1140. The molecule has 1 unspecified atom stereocenters. The zero-order valence-corrected chi connectivity index (χ0v) is 15.7. The minimum atomic E-state index is -0.247. The first-order valence-electron chi connectivity index (χ1n) is 8.68. The van der Waals surface area contributed by atoms with Crippen LogP contribution in [-0.2, 0) is 0 Å². The number of furan rings is 1. The van der Waals surface area contributed by atoms with Crippen LogP contribution in [0.3, 0.4) is 0 Å². The number of nitrogens with two attached hydrogens (primary N) is 1. The molecule has 1 atom stereocenters. The molecule has 142 valence electrons. The Morgan fingerprint density at radius 2 is 2.07 bits per heavy atom. The number of amides is 1. The number of nitrogen functional groups attached to an aromatic ring is 1. The highest BCUT2D eigenvalue weighted by Gasteiger charge is 2.18. The summed E-state index contributed by atoms with van der Waals surface area (Å²) in [5.74, 6) is 0.793. The molecule has 28 heavy (non-hydrogen) atoms. The first-order chi connectivity index (χ1) is 13.5. The van der Waals surface area contributed by atoms with Crippen LogP contribution in [0, 0.1) is 0 Å². The fraction of sp³-hybridized carbons (Fsp3) is 0.158. The predicted octanol–water partition coefficient (Wildman–Crippen LogP) is 3.50. The smallest absolute Gasteiger partial charge is 0.252 e. The number of aromatic nitrogens is 4. The van der Waals surface area contributed by atoms with E-state index in [-0.39, 0.29) is 23.0 Å². The molecular formula is C19H17ClN6O2. The second kappa shape index (κ2) is 7.32. The largest absolute Gasteiger partial charge is 0.441 e. The second-order valence-electron chi connectivity index (χ2n) is 6.19. The summed E-state index contributed by atoms with van der Waals surface area (Å²) in [7, 11) is 0. The molecule has 1 amide bonds. The number of rotatable bonds is 5. The quantitative estimate of drug-likeness (QED) is 0.534. The normalized spacial score (nSPS) is 12.2. The number of nitrogens with zero attached hydrogens (tertiary/aromatic N) is 4. The van der Waals surface area contributed by atoms with Crippen molar-refractivity contribution < 1.29 is 9.21 Å². The van der Waals surface area contributed by atoms with Crippen LogP contribution in [0.5, 0.6) is 0 Å². The van der Waals surface area contributed by atoms with E-state index in [9.17, 15) is 4.79 Å². The van der Waals surface area contributed by atoms with Gasteiger partial charge in [-0.1, -0.05) is 6.92 Å². The number of hydrogen-bond donors (Lipinski definition) is 2. The molecule has 9 heteroatoms. The minimum absolute atomic E-state index is 0.133. The number of nitrogens with one attached hydrogen (secondary N) is 1. The third-order valence-electron chi connectivity index (χ3n) is 4.34. The standard InChI is InChI=1S/C19H17ClN6O2/c1-2-13(11-5-7-22-8-6-11)23-19(27)12-9-16(21)26-17(10-12)24-18(25-26)14-3-4-15(20)28-14/h3-10,13H,2,21H2,1H3,(H,23,27). The molecule has 3 N–H and O–H groups in total. The Labute approximate surface area is 165 Å². The number of fused-ring (bicyclic) bond motifs is 1. The lowest BCUT2D eigenvalue weighted by Crippen LogP contribution is -2.28. The van der Waals surface area contributed by atoms with E-state index in [1.54, 1.807) is 36.7 Å². The summed E-state index contributed by atoms with van der Waals surface area (Å²) >= 11 is 5.81. The lowest BCUT2D eigenvalue weighted by Gasteiger charge is -2.17. The molecule has 0 aromatic carbocycles. The van der Waals surface area contributed by atoms with E-state index < -0.39 is 0 Å². The van der Waals surface area contributed by atoms with Gasteiger partial charge in [0, 0.05) is 18.0 Å². The zero-order chi connectivity index (χ0) is 19.7. The predicted molar refractivity (Wildman–Crippen MR) is 105 cm³/mol. The number of hydrogen-bond acceptors (Lipinski definition) is 6. The lowest BCUT2D eigenvalue weighted by molar-refractivity contribution is 0.0935. The van der Waals surface area contributed by atoms with Crippen LogP contribution >= 0.6 is 11.6 Å². The van der Waals surface area contributed by atoms with E-state index in [2.05, 4.69) is 20.4 Å². The van der Waals surface area contributed by atoms with Gasteiger partial charge in [0.2, 0.25) is 5.82 Å². The molecule has 4 rings (SSSR count). The van der Waals surface area contributed by atoms with Crippen LogP contribution in [0.2, 0.25) is 5.22 Å². The van der Waals surface area contributed by atoms with Gasteiger partial charge in [0.1, 0.15) is 5.82 Å². The third-order valence-corrected chi connectivity index (χ3v) is 4.55. The van der Waals surface area contributed by atoms with Gasteiger partial charge in [0.05, 0.1) is 6.04 Å². The Balaban J connectivity index is 1.64. The number of halogens is 1. The molecular weight excluding hydrogens is 380 g/mol. The highest BCUT2D eigenvalue weighted by molar-refractivity contribution is 6.28. The van der Waals surface area contributed by atoms with Gasteiger partial charge in [-0.25, -0.2) is 4.98 Å². The van der Waals surface area contributed by atoms with E-state index in [0.29, 0.717) is 22.8 Å². The number of anilines is 1. The van der Waals surface area contributed by atoms with E-state index in [1.807, 2.05) is 19.1 Å². The van der Waals surface area contributed by atoms with Crippen molar-refractivity contribution in [2.75, 3.05) is 5.73 Å². The van der Waals surface area contributed by atoms with Gasteiger partial charge < -0.3 is 15.5 Å². The second-order valence-corrected chi connectivity index (χ2v) is 6.57. The van der Waals surface area contributed by atoms with Gasteiger partial charge >= 0.3 is 0 Å². The van der Waals surface area contributed by atoms with Gasteiger partial charge in [0.15, 0.2) is 16.6 Å². The molecule has 0 bridgehead atoms. The highest BCUT2D eigenvalue weighted by Crippen LogP contribution is 2.24. The number of pyridine rings is 2. The average Bonchev–Trinajstić information content (AvgIpc) is 3.33. The topological polar surface area (TPSA) is 111 Å². The van der Waals surface area contributed by atoms with E-state index >= 15 is 0 Å². The molecule has 0 fully saturated rings. The van der Waals surface area contributed by atoms with Crippen LogP contribution in [-0.4, -0.2) is 25.5 Å². The van der Waals surface area contributed by atoms with Crippen LogP contribution in [0.4, 0.5) is 5.82 Å². The van der Waals surface area contributed by atoms with Crippen LogP contribution in [0.15, 0.2) is 53.2 Å². The van der Waals surface area contributed by atoms with E-state index in [1.165, 1.54) is 4.52 Å². The monoisotopic (exact) mass is 396 g/mol. The number of carbonyl (C=O) groups excluding carboxylic acids is 1. The van der Waals surface area contributed by atoms with Crippen molar-refractivity contribution in [2.24, 2.45) is 0 Å². The SMILES string of the molecule is CCC(NC(=O)c1cc(N)n2nc(-c3ccc(Cl)o3)nc2c1)c1ccncc1. The molecule has 0 saturated carbocycles. The maximum absolute atomic E-state index is 12.8. The Morgan fingerprint density at radius 3 is 2.75 bits per heavy atom. The van der Waals surface area contributed by atoms with Crippen molar-refractivity contribution >= 4 is 29.0 Å². The van der Waals surface area contributed by atoms with Gasteiger partial charge in [-0.15, -0.1) is 5.10 Å². The Hall–Kier alpha value is -3.39. The molecule has 0 radical (unpaired) electrons. The molecule has 0 aliphatic carbocycles. The van der Waals surface area contributed by atoms with Gasteiger partial charge in [-0.3, -0.25) is 9.78 Å². The summed E-state index contributed by atoms with van der Waals surface area (Å²) in [4.78, 5) is 21.2. The van der Waals surface area contributed by atoms with Crippen molar-refractivity contribution in [3.8, 4) is 11.6 Å². The maximum atomic E-state index is 12.8. The fourth-order valence-corrected chi connectivity index (χ4v) is 3.08. The molecule has 8 nitrogen and oxygen atoms in total. The average molecular weight is 397 g/mol. The van der Waals surface area contributed by atoms with Gasteiger partial charge in [-0.2, -0.15) is 4.52 Å². The van der Waals surface area contributed by atoms with Crippen LogP contribution in [0.25, 0.3) is 17.2 Å². The first-order valence-corrected chi connectivity index (χ1v) is 9.05. The van der Waals surface area contributed by atoms with Crippen molar-refractivity contribution in [3.05, 3.63) is 65.1 Å². The summed E-state index contributed by atoms with van der Waals surface area (Å²) in [5, 5.41) is 7.57. The molecule has 4 aromatic rings. The molecule has 0 saturated heterocycles. The van der Waals surface area contributed by atoms with Crippen molar-refractivity contribution in [2.45, 2.75) is 19.4 Å². The highest BCUT2D eigenvalue weighted by atomic mass is 35.5. The summed E-state index contributed by atoms with van der Waals surface area (Å²) in [5.41, 5.74) is 7.90. The Kier molecular flexibility index (Phi) is 4.70. The zero-order valence-electron chi connectivity index (χ0n) is 15.0. The third kappa shape index (κ3) is 3.41. The summed E-state index contributed by atoms with van der Waals surface area (Å²) in [6, 6.07) is 10.1. The molecule has 0 aliphatic heterocycles. The van der Waals surface area contributed by atoms with E-state index in [4.69, 9.17) is 21.8 Å². The minimum Gasteiger partial charge on any atom is -0.441 e. The summed E-state index contributed by atoms with van der Waals surface area (Å²) in [6.07, 6.45) is 4.14.